The Hall–Kier alpha value is -2.42. The molecule has 0 spiro atoms. The summed E-state index contributed by atoms with van der Waals surface area (Å²) in [6, 6.07) is 3.78. The van der Waals surface area contributed by atoms with Crippen molar-refractivity contribution < 1.29 is 27.8 Å². The van der Waals surface area contributed by atoms with Crippen molar-refractivity contribution in [1.82, 2.24) is 10.6 Å². The van der Waals surface area contributed by atoms with Gasteiger partial charge in [0.1, 0.15) is 0 Å². The molecule has 0 bridgehead atoms. The van der Waals surface area contributed by atoms with Gasteiger partial charge in [0.15, 0.2) is 16.6 Å². The number of hydrogen-bond donors (Lipinski definition) is 2. The molecule has 2 rings (SSSR count). The van der Waals surface area contributed by atoms with E-state index in [4.69, 9.17) is 21.7 Å². The maximum absolute atomic E-state index is 12.4. The van der Waals surface area contributed by atoms with Gasteiger partial charge in [-0.25, -0.2) is 4.79 Å². The first-order valence-corrected chi connectivity index (χ1v) is 7.27. The second kappa shape index (κ2) is 7.43. The lowest BCUT2D eigenvalue weighted by Gasteiger charge is -2.29. The summed E-state index contributed by atoms with van der Waals surface area (Å²) < 4.78 is 39.1. The van der Waals surface area contributed by atoms with Gasteiger partial charge in [-0.1, -0.05) is 6.07 Å². The van der Waals surface area contributed by atoms with E-state index in [1.807, 2.05) is 0 Å². The van der Waals surface area contributed by atoms with Crippen molar-refractivity contribution in [2.24, 2.45) is 0 Å². The van der Waals surface area contributed by atoms with Gasteiger partial charge in [-0.05, 0) is 36.8 Å². The van der Waals surface area contributed by atoms with Crippen molar-refractivity contribution in [1.29, 1.82) is 0 Å². The van der Waals surface area contributed by atoms with Crippen LogP contribution in [0.4, 0.5) is 8.78 Å². The number of benzene rings is 1. The van der Waals surface area contributed by atoms with Gasteiger partial charge in [0.05, 0.1) is 25.8 Å². The smallest absolute Gasteiger partial charge is 0.387 e. The summed E-state index contributed by atoms with van der Waals surface area (Å²) in [5, 5.41) is 6.14. The Kier molecular flexibility index (Phi) is 5.55. The van der Waals surface area contributed by atoms with Crippen LogP contribution in [0.3, 0.4) is 0 Å². The normalized spacial score (nSPS) is 17.2. The number of carbonyl (C=O) groups excluding carboxylic acids is 1. The summed E-state index contributed by atoms with van der Waals surface area (Å²) in [4.78, 5) is 12.1. The molecule has 24 heavy (non-hydrogen) atoms. The monoisotopic (exact) mass is 358 g/mol. The molecule has 0 aromatic heterocycles. The van der Waals surface area contributed by atoms with Crippen molar-refractivity contribution in [3.8, 4) is 11.5 Å². The number of ether oxygens (including phenoxy) is 3. The van der Waals surface area contributed by atoms with Crippen LogP contribution in [0.25, 0.3) is 0 Å². The number of nitrogens with one attached hydrogen (secondary N) is 2. The van der Waals surface area contributed by atoms with Crippen LogP contribution in [0.15, 0.2) is 29.5 Å². The predicted octanol–water partition coefficient (Wildman–Crippen LogP) is 2.26. The van der Waals surface area contributed by atoms with Crippen LogP contribution in [0.2, 0.25) is 0 Å². The van der Waals surface area contributed by atoms with Gasteiger partial charge in [0.25, 0.3) is 0 Å². The Balaban J connectivity index is 2.46. The van der Waals surface area contributed by atoms with Crippen LogP contribution in [-0.2, 0) is 9.53 Å². The average molecular weight is 358 g/mol. The maximum Gasteiger partial charge on any atom is 0.387 e. The van der Waals surface area contributed by atoms with E-state index in [2.05, 4.69) is 15.4 Å². The lowest BCUT2D eigenvalue weighted by Crippen LogP contribution is -2.45. The first-order valence-electron chi connectivity index (χ1n) is 6.86. The number of rotatable bonds is 5. The molecule has 0 saturated heterocycles. The summed E-state index contributed by atoms with van der Waals surface area (Å²) in [5.74, 6) is -0.527. The summed E-state index contributed by atoms with van der Waals surface area (Å²) in [7, 11) is 2.60. The topological polar surface area (TPSA) is 68.8 Å². The van der Waals surface area contributed by atoms with Crippen LogP contribution in [0.1, 0.15) is 18.5 Å². The number of hydrogen-bond acceptors (Lipinski definition) is 5. The lowest BCUT2D eigenvalue weighted by molar-refractivity contribution is -0.136. The van der Waals surface area contributed by atoms with Gasteiger partial charge < -0.3 is 24.8 Å². The molecule has 0 amide bonds. The molecule has 1 heterocycles. The molecule has 1 aliphatic rings. The largest absolute Gasteiger partial charge is 0.493 e. The fraction of sp³-hybridized carbons (Fsp3) is 0.333. The molecule has 1 aliphatic heterocycles. The standard InChI is InChI=1S/C15H16F2N2O4S/c1-7-11(13(20)22-3)12(19-15(24)18-7)8-4-5-9(23-14(16)17)10(6-8)21-2/h4-6,12,14H,1-3H3,(H2,18,19,24)/t12-/m1/s1. The molecule has 2 N–H and O–H groups in total. The first kappa shape index (κ1) is 17.9. The molecular weight excluding hydrogens is 342 g/mol. The zero-order chi connectivity index (χ0) is 17.9. The summed E-state index contributed by atoms with van der Waals surface area (Å²) >= 11 is 5.12. The van der Waals surface area contributed by atoms with Crippen molar-refractivity contribution in [2.45, 2.75) is 19.6 Å². The lowest BCUT2D eigenvalue weighted by atomic mass is 9.95. The highest BCUT2D eigenvalue weighted by atomic mass is 32.1. The van der Waals surface area contributed by atoms with Gasteiger partial charge >= 0.3 is 12.6 Å². The van der Waals surface area contributed by atoms with E-state index in [1.54, 1.807) is 13.0 Å². The zero-order valence-corrected chi connectivity index (χ0v) is 14.0. The molecular formula is C15H16F2N2O4S. The molecule has 6 nitrogen and oxygen atoms in total. The molecule has 0 saturated carbocycles. The van der Waals surface area contributed by atoms with Crippen molar-refractivity contribution in [3.05, 3.63) is 35.0 Å². The Bertz CT molecular complexity index is 694. The number of thiocarbonyl (C=S) groups is 1. The highest BCUT2D eigenvalue weighted by Gasteiger charge is 2.31. The zero-order valence-electron chi connectivity index (χ0n) is 13.2. The summed E-state index contributed by atoms with van der Waals surface area (Å²) in [5.41, 5.74) is 1.45. The van der Waals surface area contributed by atoms with Gasteiger partial charge in [0, 0.05) is 5.70 Å². The average Bonchev–Trinajstić information content (AvgIpc) is 2.53. The van der Waals surface area contributed by atoms with E-state index in [0.29, 0.717) is 21.9 Å². The minimum Gasteiger partial charge on any atom is -0.493 e. The Morgan fingerprint density at radius 1 is 1.29 bits per heavy atom. The quantitative estimate of drug-likeness (QED) is 0.618. The van der Waals surface area contributed by atoms with E-state index in [0.717, 1.165) is 0 Å². The van der Waals surface area contributed by atoms with E-state index in [9.17, 15) is 13.6 Å². The number of esters is 1. The summed E-state index contributed by atoms with van der Waals surface area (Å²) in [6.45, 7) is -1.28. The van der Waals surface area contributed by atoms with Crippen molar-refractivity contribution in [3.63, 3.8) is 0 Å². The van der Waals surface area contributed by atoms with Gasteiger partial charge in [0.2, 0.25) is 0 Å². The molecule has 130 valence electrons. The first-order chi connectivity index (χ1) is 11.4. The highest BCUT2D eigenvalue weighted by molar-refractivity contribution is 7.80. The molecule has 0 unspecified atom stereocenters. The van der Waals surface area contributed by atoms with Crippen LogP contribution < -0.4 is 20.1 Å². The SMILES string of the molecule is COC(=O)C1=C(C)NC(=S)N[C@@H]1c1ccc(OC(F)F)c(OC)c1. The highest BCUT2D eigenvalue weighted by Crippen LogP contribution is 2.35. The predicted molar refractivity (Wildman–Crippen MR) is 86.0 cm³/mol. The van der Waals surface area contributed by atoms with E-state index < -0.39 is 18.6 Å². The second-order valence-corrected chi connectivity index (χ2v) is 5.26. The minimum atomic E-state index is -2.97. The van der Waals surface area contributed by atoms with Crippen LogP contribution in [-0.4, -0.2) is 31.9 Å². The maximum atomic E-state index is 12.4. The minimum absolute atomic E-state index is 0.104. The Morgan fingerprint density at radius 2 is 2.00 bits per heavy atom. The van der Waals surface area contributed by atoms with Crippen molar-refractivity contribution in [2.75, 3.05) is 14.2 Å². The van der Waals surface area contributed by atoms with E-state index in [-0.39, 0.29) is 11.5 Å². The second-order valence-electron chi connectivity index (χ2n) is 4.85. The Morgan fingerprint density at radius 3 is 2.58 bits per heavy atom. The van der Waals surface area contributed by atoms with Crippen LogP contribution in [0.5, 0.6) is 11.5 Å². The third kappa shape index (κ3) is 3.73. The number of halogens is 2. The van der Waals surface area contributed by atoms with Gasteiger partial charge in [-0.2, -0.15) is 8.78 Å². The molecule has 1 aromatic carbocycles. The molecule has 0 aliphatic carbocycles. The van der Waals surface area contributed by atoms with Gasteiger partial charge in [-0.15, -0.1) is 0 Å². The van der Waals surface area contributed by atoms with Gasteiger partial charge in [-0.3, -0.25) is 0 Å². The molecule has 1 atom stereocenters. The Labute approximate surface area is 142 Å². The fourth-order valence-corrected chi connectivity index (χ4v) is 2.65. The number of carbonyl (C=O) groups is 1. The van der Waals surface area contributed by atoms with E-state index in [1.165, 1.54) is 26.4 Å². The summed E-state index contributed by atoms with van der Waals surface area (Å²) in [6.07, 6.45) is 0. The third-order valence-corrected chi connectivity index (χ3v) is 3.63. The van der Waals surface area contributed by atoms with Crippen LogP contribution >= 0.6 is 12.2 Å². The number of alkyl halides is 2. The van der Waals surface area contributed by atoms with Crippen molar-refractivity contribution >= 4 is 23.3 Å². The molecule has 9 heteroatoms. The number of allylic oxidation sites excluding steroid dienone is 1. The molecule has 0 fully saturated rings. The molecule has 0 radical (unpaired) electrons. The fourth-order valence-electron chi connectivity index (χ4n) is 2.38. The third-order valence-electron chi connectivity index (χ3n) is 3.41. The number of methoxy groups -OCH3 is 2. The molecule has 1 aromatic rings. The van der Waals surface area contributed by atoms with E-state index >= 15 is 0 Å². The van der Waals surface area contributed by atoms with Crippen LogP contribution in [0, 0.1) is 0 Å².